The molecule has 0 bridgehead atoms. The van der Waals surface area contributed by atoms with Crippen LogP contribution in [0.1, 0.15) is 26.3 Å². The van der Waals surface area contributed by atoms with Crippen molar-refractivity contribution in [1.29, 1.82) is 0 Å². The average Bonchev–Trinajstić information content (AvgIpc) is 2.97. The summed E-state index contributed by atoms with van der Waals surface area (Å²) >= 11 is 7.30. The number of benzene rings is 4. The lowest BCUT2D eigenvalue weighted by Gasteiger charge is -2.13. The molecular formula is C32H28ClN3O3S. The molecule has 0 aromatic heterocycles. The van der Waals surface area contributed by atoms with E-state index >= 15 is 0 Å². The number of ketones is 1. The van der Waals surface area contributed by atoms with Crippen LogP contribution in [0, 0.1) is 0 Å². The van der Waals surface area contributed by atoms with E-state index in [1.54, 1.807) is 66.7 Å². The number of nitrogens with one attached hydrogen (secondary N) is 2. The first-order valence-electron chi connectivity index (χ1n) is 12.5. The second-order valence-electron chi connectivity index (χ2n) is 9.06. The molecule has 0 fully saturated rings. The molecule has 0 aliphatic rings. The van der Waals surface area contributed by atoms with Gasteiger partial charge in [0.25, 0.3) is 11.8 Å². The van der Waals surface area contributed by atoms with Crippen molar-refractivity contribution in [3.63, 3.8) is 0 Å². The van der Waals surface area contributed by atoms with Crippen LogP contribution in [0.2, 0.25) is 5.02 Å². The molecule has 0 unspecified atom stereocenters. The fourth-order valence-electron chi connectivity index (χ4n) is 3.68. The number of anilines is 2. The normalized spacial score (nSPS) is 11.0. The van der Waals surface area contributed by atoms with Gasteiger partial charge < -0.3 is 15.5 Å². The highest BCUT2D eigenvalue weighted by atomic mass is 35.5. The molecule has 202 valence electrons. The number of carbonyl (C=O) groups is 3. The molecule has 0 atom stereocenters. The summed E-state index contributed by atoms with van der Waals surface area (Å²) in [7, 11) is 3.90. The van der Waals surface area contributed by atoms with E-state index in [1.807, 2.05) is 61.5 Å². The van der Waals surface area contributed by atoms with E-state index in [0.29, 0.717) is 21.8 Å². The summed E-state index contributed by atoms with van der Waals surface area (Å²) in [4.78, 5) is 41.4. The number of halogens is 1. The highest BCUT2D eigenvalue weighted by Crippen LogP contribution is 2.23. The van der Waals surface area contributed by atoms with Crippen LogP contribution in [0.25, 0.3) is 6.08 Å². The predicted octanol–water partition coefficient (Wildman–Crippen LogP) is 6.79. The van der Waals surface area contributed by atoms with Crippen molar-refractivity contribution in [3.8, 4) is 0 Å². The molecule has 0 saturated carbocycles. The first-order chi connectivity index (χ1) is 19.3. The molecule has 2 N–H and O–H groups in total. The number of thioether (sulfide) groups is 1. The summed E-state index contributed by atoms with van der Waals surface area (Å²) in [6, 6.07) is 30.4. The molecular weight excluding hydrogens is 542 g/mol. The van der Waals surface area contributed by atoms with Crippen LogP contribution in [-0.2, 0) is 4.79 Å². The molecule has 8 heteroatoms. The van der Waals surface area contributed by atoms with Crippen molar-refractivity contribution < 1.29 is 14.4 Å². The average molecular weight is 570 g/mol. The maximum Gasteiger partial charge on any atom is 0.272 e. The zero-order valence-corrected chi connectivity index (χ0v) is 23.6. The molecule has 40 heavy (non-hydrogen) atoms. The van der Waals surface area contributed by atoms with E-state index in [9.17, 15) is 14.4 Å². The summed E-state index contributed by atoms with van der Waals surface area (Å²) in [6.45, 7) is 0. The van der Waals surface area contributed by atoms with Gasteiger partial charge >= 0.3 is 0 Å². The number of rotatable bonds is 10. The SMILES string of the molecule is CN(C)c1ccc(/C=C(\NC(=O)c2ccccc2)C(=O)Nc2ccc(SCC(=O)c3ccc(Cl)cc3)cc2)cc1. The second kappa shape index (κ2) is 13.6. The summed E-state index contributed by atoms with van der Waals surface area (Å²) in [6.07, 6.45) is 1.64. The van der Waals surface area contributed by atoms with E-state index < -0.39 is 5.91 Å². The van der Waals surface area contributed by atoms with Crippen LogP contribution in [0.15, 0.2) is 114 Å². The summed E-state index contributed by atoms with van der Waals surface area (Å²) in [5, 5.41) is 6.19. The van der Waals surface area contributed by atoms with Crippen molar-refractivity contribution >= 4 is 58.4 Å². The van der Waals surface area contributed by atoms with Gasteiger partial charge in [-0.25, -0.2) is 0 Å². The Morgan fingerprint density at radius 2 is 1.45 bits per heavy atom. The number of hydrogen-bond donors (Lipinski definition) is 2. The smallest absolute Gasteiger partial charge is 0.272 e. The molecule has 4 rings (SSSR count). The molecule has 0 spiro atoms. The molecule has 4 aromatic rings. The molecule has 0 radical (unpaired) electrons. The second-order valence-corrected chi connectivity index (χ2v) is 10.5. The highest BCUT2D eigenvalue weighted by molar-refractivity contribution is 8.00. The molecule has 0 aliphatic carbocycles. The van der Waals surface area contributed by atoms with Gasteiger partial charge in [0.1, 0.15) is 5.70 Å². The van der Waals surface area contributed by atoms with E-state index in [-0.39, 0.29) is 23.1 Å². The standard InChI is InChI=1S/C32H28ClN3O3S/c1-36(2)27-16-8-22(9-17-27)20-29(35-31(38)24-6-4-3-5-7-24)32(39)34-26-14-18-28(19-15-26)40-21-30(37)23-10-12-25(33)13-11-23/h3-20H,21H2,1-2H3,(H,34,39)(H,35,38)/b29-20-. The van der Waals surface area contributed by atoms with Gasteiger partial charge in [-0.1, -0.05) is 41.9 Å². The molecule has 2 amide bonds. The van der Waals surface area contributed by atoms with Gasteiger partial charge in [0.2, 0.25) is 0 Å². The van der Waals surface area contributed by atoms with Crippen LogP contribution in [0.3, 0.4) is 0 Å². The van der Waals surface area contributed by atoms with E-state index in [4.69, 9.17) is 11.6 Å². The third kappa shape index (κ3) is 8.09. The maximum atomic E-state index is 13.3. The fourth-order valence-corrected chi connectivity index (χ4v) is 4.60. The maximum absolute atomic E-state index is 13.3. The molecule has 0 saturated heterocycles. The first kappa shape index (κ1) is 28.7. The van der Waals surface area contributed by atoms with E-state index in [2.05, 4.69) is 10.6 Å². The molecule has 0 heterocycles. The van der Waals surface area contributed by atoms with Crippen molar-refractivity contribution in [2.45, 2.75) is 4.90 Å². The monoisotopic (exact) mass is 569 g/mol. The van der Waals surface area contributed by atoms with Gasteiger partial charge in [0.05, 0.1) is 5.75 Å². The minimum Gasteiger partial charge on any atom is -0.378 e. The van der Waals surface area contributed by atoms with E-state index in [1.165, 1.54) is 11.8 Å². The summed E-state index contributed by atoms with van der Waals surface area (Å²) < 4.78 is 0. The van der Waals surface area contributed by atoms with E-state index in [0.717, 1.165) is 16.1 Å². The van der Waals surface area contributed by atoms with Crippen molar-refractivity contribution in [2.75, 3.05) is 30.1 Å². The van der Waals surface area contributed by atoms with Gasteiger partial charge in [-0.3, -0.25) is 14.4 Å². The Labute approximate surface area is 243 Å². The third-order valence-electron chi connectivity index (χ3n) is 5.90. The van der Waals surface area contributed by atoms with Gasteiger partial charge in [-0.2, -0.15) is 0 Å². The minimum atomic E-state index is -0.459. The summed E-state index contributed by atoms with van der Waals surface area (Å²) in [5.41, 5.74) is 3.50. The summed E-state index contributed by atoms with van der Waals surface area (Å²) in [5.74, 6) is -0.567. The van der Waals surface area contributed by atoms with Crippen LogP contribution < -0.4 is 15.5 Å². The van der Waals surface area contributed by atoms with Crippen LogP contribution in [0.4, 0.5) is 11.4 Å². The third-order valence-corrected chi connectivity index (χ3v) is 7.16. The topological polar surface area (TPSA) is 78.5 Å². The lowest BCUT2D eigenvalue weighted by atomic mass is 10.1. The Hall–Kier alpha value is -4.33. The van der Waals surface area contributed by atoms with Crippen LogP contribution in [-0.4, -0.2) is 37.4 Å². The minimum absolute atomic E-state index is 0.00148. The fraction of sp³-hybridized carbons (Fsp3) is 0.0938. The van der Waals surface area contributed by atoms with Crippen molar-refractivity contribution in [3.05, 3.63) is 131 Å². The van der Waals surface area contributed by atoms with Gasteiger partial charge in [-0.05, 0) is 84.4 Å². The first-order valence-corrected chi connectivity index (χ1v) is 13.8. The Balaban J connectivity index is 1.45. The Morgan fingerprint density at radius 1 is 0.800 bits per heavy atom. The van der Waals surface area contributed by atoms with Crippen LogP contribution >= 0.6 is 23.4 Å². The molecule has 4 aromatic carbocycles. The highest BCUT2D eigenvalue weighted by Gasteiger charge is 2.15. The zero-order valence-electron chi connectivity index (χ0n) is 22.1. The lowest BCUT2D eigenvalue weighted by molar-refractivity contribution is -0.113. The van der Waals surface area contributed by atoms with Gasteiger partial charge in [0, 0.05) is 46.5 Å². The quantitative estimate of drug-likeness (QED) is 0.125. The Bertz CT molecular complexity index is 1500. The van der Waals surface area contributed by atoms with Crippen LogP contribution in [0.5, 0.6) is 0 Å². The van der Waals surface area contributed by atoms with Crippen molar-refractivity contribution in [1.82, 2.24) is 5.32 Å². The number of amides is 2. The molecule has 6 nitrogen and oxygen atoms in total. The molecule has 0 aliphatic heterocycles. The number of nitrogens with zero attached hydrogens (tertiary/aromatic N) is 1. The van der Waals surface area contributed by atoms with Crippen molar-refractivity contribution in [2.24, 2.45) is 0 Å². The number of Topliss-reactive ketones (excluding diaryl/α,β-unsaturated/α-hetero) is 1. The largest absolute Gasteiger partial charge is 0.378 e. The van der Waals surface area contributed by atoms with Gasteiger partial charge in [0.15, 0.2) is 5.78 Å². The van der Waals surface area contributed by atoms with Gasteiger partial charge in [-0.15, -0.1) is 11.8 Å². The number of carbonyl (C=O) groups excluding carboxylic acids is 3. The lowest BCUT2D eigenvalue weighted by Crippen LogP contribution is -2.30. The zero-order chi connectivity index (χ0) is 28.5. The Kier molecular flexibility index (Phi) is 9.78. The Morgan fingerprint density at radius 3 is 2.08 bits per heavy atom. The number of hydrogen-bond acceptors (Lipinski definition) is 5. The predicted molar refractivity (Wildman–Crippen MR) is 164 cm³/mol.